The Morgan fingerprint density at radius 2 is 1.66 bits per heavy atom. The van der Waals surface area contributed by atoms with E-state index in [4.69, 9.17) is 0 Å². The Labute approximate surface area is 205 Å². The molecule has 5 nitrogen and oxygen atoms in total. The minimum Gasteiger partial charge on any atom is -0.356 e. The van der Waals surface area contributed by atoms with Crippen molar-refractivity contribution in [2.24, 2.45) is 0 Å². The highest BCUT2D eigenvalue weighted by atomic mass is 16.2. The standard InChI is InChI=1S/C30H29N3O2/c1-20-12-14-22(15-13-20)24-18-33-26(34)19-32(17-16-21-8-4-3-5-9-21)29(35)30(33,2)28-27(24)23-10-6-7-11-25(23)31-28/h3-15,24,31H,16-19H2,1-2H3. The molecule has 1 fully saturated rings. The van der Waals surface area contributed by atoms with Gasteiger partial charge < -0.3 is 14.8 Å². The monoisotopic (exact) mass is 463 g/mol. The minimum atomic E-state index is -1.05. The first kappa shape index (κ1) is 21.7. The lowest BCUT2D eigenvalue weighted by atomic mass is 9.76. The zero-order valence-corrected chi connectivity index (χ0v) is 20.1. The molecule has 5 heteroatoms. The van der Waals surface area contributed by atoms with Gasteiger partial charge in [0.2, 0.25) is 5.91 Å². The van der Waals surface area contributed by atoms with Crippen molar-refractivity contribution in [3.8, 4) is 0 Å². The third-order valence-corrected chi connectivity index (χ3v) is 7.81. The zero-order chi connectivity index (χ0) is 24.2. The predicted octanol–water partition coefficient (Wildman–Crippen LogP) is 4.75. The van der Waals surface area contributed by atoms with Crippen LogP contribution in [-0.2, 0) is 21.5 Å². The highest BCUT2D eigenvalue weighted by Gasteiger charge is 2.56. The van der Waals surface area contributed by atoms with Crippen LogP contribution in [0.3, 0.4) is 0 Å². The van der Waals surface area contributed by atoms with Crippen molar-refractivity contribution in [3.05, 3.63) is 107 Å². The molecule has 0 aliphatic carbocycles. The molecule has 0 saturated carbocycles. The second kappa shape index (κ2) is 8.12. The number of carbonyl (C=O) groups is 2. The van der Waals surface area contributed by atoms with Crippen LogP contribution in [0.1, 0.15) is 40.8 Å². The van der Waals surface area contributed by atoms with Crippen LogP contribution in [0.2, 0.25) is 0 Å². The first-order chi connectivity index (χ1) is 17.0. The van der Waals surface area contributed by atoms with Crippen LogP contribution in [-0.4, -0.2) is 46.2 Å². The van der Waals surface area contributed by atoms with E-state index in [1.165, 1.54) is 5.56 Å². The van der Waals surface area contributed by atoms with Crippen molar-refractivity contribution >= 4 is 22.7 Å². The number of rotatable bonds is 4. The Bertz CT molecular complexity index is 1420. The van der Waals surface area contributed by atoms with Gasteiger partial charge in [0.1, 0.15) is 0 Å². The molecule has 0 radical (unpaired) electrons. The van der Waals surface area contributed by atoms with Crippen molar-refractivity contribution in [3.63, 3.8) is 0 Å². The van der Waals surface area contributed by atoms with Gasteiger partial charge in [-0.05, 0) is 43.0 Å². The molecule has 2 amide bonds. The fraction of sp³-hybridized carbons (Fsp3) is 0.267. The number of aromatic nitrogens is 1. The number of piperazine rings is 1. The lowest BCUT2D eigenvalue weighted by molar-refractivity contribution is -0.166. The maximum Gasteiger partial charge on any atom is 0.254 e. The summed E-state index contributed by atoms with van der Waals surface area (Å²) in [4.78, 5) is 34.8. The van der Waals surface area contributed by atoms with Gasteiger partial charge >= 0.3 is 0 Å². The smallest absolute Gasteiger partial charge is 0.254 e. The fourth-order valence-corrected chi connectivity index (χ4v) is 5.86. The first-order valence-electron chi connectivity index (χ1n) is 12.3. The molecule has 1 N–H and O–H groups in total. The molecular formula is C30H29N3O2. The van der Waals surface area contributed by atoms with E-state index >= 15 is 0 Å². The third kappa shape index (κ3) is 3.37. The van der Waals surface area contributed by atoms with Crippen molar-refractivity contribution in [1.82, 2.24) is 14.8 Å². The van der Waals surface area contributed by atoms with Crippen LogP contribution in [0.15, 0.2) is 78.9 Å². The summed E-state index contributed by atoms with van der Waals surface area (Å²) in [5, 5.41) is 1.12. The molecule has 2 aliphatic heterocycles. The first-order valence-corrected chi connectivity index (χ1v) is 12.3. The molecule has 2 unspecified atom stereocenters. The highest BCUT2D eigenvalue weighted by Crippen LogP contribution is 2.48. The van der Waals surface area contributed by atoms with E-state index in [9.17, 15) is 9.59 Å². The van der Waals surface area contributed by atoms with Gasteiger partial charge in [-0.1, -0.05) is 78.4 Å². The molecule has 0 bridgehead atoms. The van der Waals surface area contributed by atoms with Gasteiger partial charge in [-0.2, -0.15) is 0 Å². The van der Waals surface area contributed by atoms with Crippen LogP contribution >= 0.6 is 0 Å². The highest BCUT2D eigenvalue weighted by molar-refractivity contribution is 6.01. The Morgan fingerprint density at radius 1 is 0.943 bits per heavy atom. The maximum absolute atomic E-state index is 14.1. The fourth-order valence-electron chi connectivity index (χ4n) is 5.86. The predicted molar refractivity (Wildman–Crippen MR) is 137 cm³/mol. The molecule has 4 aromatic rings. The summed E-state index contributed by atoms with van der Waals surface area (Å²) in [6.45, 7) is 5.13. The number of fused-ring (bicyclic) bond motifs is 5. The maximum atomic E-state index is 14.1. The average molecular weight is 464 g/mol. The number of aryl methyl sites for hydroxylation is 1. The number of amides is 2. The topological polar surface area (TPSA) is 56.4 Å². The molecule has 0 spiro atoms. The number of para-hydroxylation sites is 1. The van der Waals surface area contributed by atoms with E-state index in [1.807, 2.05) is 42.2 Å². The van der Waals surface area contributed by atoms with Gasteiger partial charge in [-0.15, -0.1) is 0 Å². The van der Waals surface area contributed by atoms with Crippen molar-refractivity contribution < 1.29 is 9.59 Å². The second-order valence-electron chi connectivity index (χ2n) is 9.96. The Hall–Kier alpha value is -3.86. The van der Waals surface area contributed by atoms with Crippen LogP contribution in [0, 0.1) is 6.92 Å². The van der Waals surface area contributed by atoms with Gasteiger partial charge in [0.05, 0.1) is 12.2 Å². The summed E-state index contributed by atoms with van der Waals surface area (Å²) < 4.78 is 0. The van der Waals surface area contributed by atoms with Gasteiger partial charge in [-0.3, -0.25) is 9.59 Å². The number of benzene rings is 3. The molecule has 176 valence electrons. The van der Waals surface area contributed by atoms with Crippen LogP contribution in [0.25, 0.3) is 10.9 Å². The van der Waals surface area contributed by atoms with Crippen molar-refractivity contribution in [2.45, 2.75) is 31.7 Å². The molecular weight excluding hydrogens is 434 g/mol. The summed E-state index contributed by atoms with van der Waals surface area (Å²) in [6.07, 6.45) is 0.724. The van der Waals surface area contributed by atoms with Gasteiger partial charge in [-0.25, -0.2) is 0 Å². The summed E-state index contributed by atoms with van der Waals surface area (Å²) in [6, 6.07) is 26.9. The number of H-pyrrole nitrogens is 1. The van der Waals surface area contributed by atoms with E-state index in [0.717, 1.165) is 39.7 Å². The van der Waals surface area contributed by atoms with Crippen LogP contribution in [0.5, 0.6) is 0 Å². The lowest BCUT2D eigenvalue weighted by Gasteiger charge is -2.51. The van der Waals surface area contributed by atoms with E-state index in [0.29, 0.717) is 13.1 Å². The quantitative estimate of drug-likeness (QED) is 0.475. The van der Waals surface area contributed by atoms with Gasteiger partial charge in [0, 0.05) is 29.9 Å². The van der Waals surface area contributed by atoms with Crippen molar-refractivity contribution in [1.29, 1.82) is 0 Å². The molecule has 35 heavy (non-hydrogen) atoms. The number of aromatic amines is 1. The Morgan fingerprint density at radius 3 is 2.43 bits per heavy atom. The number of nitrogens with one attached hydrogen (secondary N) is 1. The summed E-state index contributed by atoms with van der Waals surface area (Å²) in [5.41, 5.74) is 5.45. The minimum absolute atomic E-state index is 0.00146. The summed E-state index contributed by atoms with van der Waals surface area (Å²) >= 11 is 0. The lowest BCUT2D eigenvalue weighted by Crippen LogP contribution is -2.67. The normalized spacial score (nSPS) is 21.8. The Kier molecular flexibility index (Phi) is 5.03. The van der Waals surface area contributed by atoms with Gasteiger partial charge in [0.15, 0.2) is 5.54 Å². The number of nitrogens with zero attached hydrogens (tertiary/aromatic N) is 2. The molecule has 3 heterocycles. The number of hydrogen-bond acceptors (Lipinski definition) is 2. The van der Waals surface area contributed by atoms with E-state index < -0.39 is 5.54 Å². The molecule has 3 aromatic carbocycles. The van der Waals surface area contributed by atoms with Crippen LogP contribution in [0.4, 0.5) is 0 Å². The molecule has 1 aromatic heterocycles. The molecule has 1 saturated heterocycles. The second-order valence-corrected chi connectivity index (χ2v) is 9.96. The zero-order valence-electron chi connectivity index (χ0n) is 20.1. The molecule has 2 aliphatic rings. The SMILES string of the molecule is Cc1ccc(C2CN3C(=O)CN(CCc4ccccc4)C(=O)C3(C)c3[nH]c4ccccc4c32)cc1. The largest absolute Gasteiger partial charge is 0.356 e. The van der Waals surface area contributed by atoms with E-state index in [-0.39, 0.29) is 24.3 Å². The summed E-state index contributed by atoms with van der Waals surface area (Å²) in [5.74, 6) is -0.00721. The summed E-state index contributed by atoms with van der Waals surface area (Å²) in [7, 11) is 0. The van der Waals surface area contributed by atoms with Crippen LogP contribution < -0.4 is 0 Å². The average Bonchev–Trinajstić information content (AvgIpc) is 3.28. The number of hydrogen-bond donors (Lipinski definition) is 1. The molecule has 6 rings (SSSR count). The number of carbonyl (C=O) groups excluding carboxylic acids is 2. The van der Waals surface area contributed by atoms with E-state index in [1.54, 1.807) is 4.90 Å². The molecule has 2 atom stereocenters. The van der Waals surface area contributed by atoms with Gasteiger partial charge in [0.25, 0.3) is 5.91 Å². The van der Waals surface area contributed by atoms with E-state index in [2.05, 4.69) is 60.4 Å². The Balaban J connectivity index is 1.45. The third-order valence-electron chi connectivity index (χ3n) is 7.81. The van der Waals surface area contributed by atoms with Crippen molar-refractivity contribution in [2.75, 3.05) is 19.6 Å².